The van der Waals surface area contributed by atoms with Crippen molar-refractivity contribution in [1.29, 1.82) is 0 Å². The number of amides is 3. The second-order valence-corrected chi connectivity index (χ2v) is 6.54. The second kappa shape index (κ2) is 11.8. The number of carbonyl (C=O) groups excluding carboxylic acids is 4. The highest BCUT2D eigenvalue weighted by Gasteiger charge is 2.21. The molecule has 0 saturated heterocycles. The van der Waals surface area contributed by atoms with Gasteiger partial charge in [0.05, 0.1) is 19.6 Å². The molecule has 148 valence electrons. The molecule has 1 unspecified atom stereocenters. The number of hydrogen-bond donors (Lipinski definition) is 4. The number of carbonyl (C=O) groups is 4. The molecular weight excluding hydrogens is 348 g/mol. The number of ketones is 1. The van der Waals surface area contributed by atoms with Crippen molar-refractivity contribution in [3.05, 3.63) is 35.9 Å². The summed E-state index contributed by atoms with van der Waals surface area (Å²) in [5, 5.41) is 10.6. The number of benzene rings is 1. The van der Waals surface area contributed by atoms with Crippen LogP contribution in [0.2, 0.25) is 0 Å². The lowest BCUT2D eigenvalue weighted by molar-refractivity contribution is -0.130. The quantitative estimate of drug-likeness (QED) is 0.417. The van der Waals surface area contributed by atoms with E-state index in [1.54, 1.807) is 0 Å². The first kappa shape index (κ1) is 22.3. The second-order valence-electron chi connectivity index (χ2n) is 6.54. The summed E-state index contributed by atoms with van der Waals surface area (Å²) in [6.45, 7) is 4.96. The van der Waals surface area contributed by atoms with Crippen LogP contribution in [0.4, 0.5) is 0 Å². The molecular formula is C19H28N4O4. The lowest BCUT2D eigenvalue weighted by Crippen LogP contribution is -2.51. The van der Waals surface area contributed by atoms with E-state index in [4.69, 9.17) is 0 Å². The summed E-state index contributed by atoms with van der Waals surface area (Å²) in [7, 11) is 0. The van der Waals surface area contributed by atoms with Crippen LogP contribution in [0.1, 0.15) is 26.3 Å². The van der Waals surface area contributed by atoms with Gasteiger partial charge in [-0.2, -0.15) is 0 Å². The van der Waals surface area contributed by atoms with Gasteiger partial charge >= 0.3 is 0 Å². The van der Waals surface area contributed by atoms with E-state index >= 15 is 0 Å². The Labute approximate surface area is 159 Å². The van der Waals surface area contributed by atoms with Crippen LogP contribution in [0.3, 0.4) is 0 Å². The molecule has 0 aliphatic carbocycles. The van der Waals surface area contributed by atoms with Crippen LogP contribution >= 0.6 is 0 Å². The monoisotopic (exact) mass is 376 g/mol. The van der Waals surface area contributed by atoms with Gasteiger partial charge in [0.25, 0.3) is 0 Å². The molecule has 4 N–H and O–H groups in total. The third-order valence-corrected chi connectivity index (χ3v) is 3.56. The van der Waals surface area contributed by atoms with Crippen molar-refractivity contribution in [1.82, 2.24) is 21.3 Å². The number of hydrogen-bond acceptors (Lipinski definition) is 5. The molecule has 27 heavy (non-hydrogen) atoms. The minimum absolute atomic E-state index is 0.0996. The van der Waals surface area contributed by atoms with Crippen LogP contribution in [0.5, 0.6) is 0 Å². The topological polar surface area (TPSA) is 116 Å². The van der Waals surface area contributed by atoms with Gasteiger partial charge in [0.2, 0.25) is 17.7 Å². The van der Waals surface area contributed by atoms with Crippen molar-refractivity contribution in [3.8, 4) is 0 Å². The van der Waals surface area contributed by atoms with E-state index in [1.807, 2.05) is 44.2 Å². The van der Waals surface area contributed by atoms with Gasteiger partial charge in [-0.05, 0) is 12.5 Å². The smallest absolute Gasteiger partial charge is 0.243 e. The fourth-order valence-corrected chi connectivity index (χ4v) is 2.18. The molecule has 0 radical (unpaired) electrons. The van der Waals surface area contributed by atoms with Crippen molar-refractivity contribution in [2.45, 2.75) is 39.3 Å². The fourth-order valence-electron chi connectivity index (χ4n) is 2.18. The van der Waals surface area contributed by atoms with Gasteiger partial charge in [0.15, 0.2) is 0 Å². The molecule has 1 rings (SSSR count). The predicted molar refractivity (Wildman–Crippen MR) is 102 cm³/mol. The zero-order chi connectivity index (χ0) is 20.2. The molecule has 8 heteroatoms. The zero-order valence-electron chi connectivity index (χ0n) is 16.0. The maximum Gasteiger partial charge on any atom is 0.243 e. The minimum atomic E-state index is -0.843. The largest absolute Gasteiger partial charge is 0.347 e. The average Bonchev–Trinajstić information content (AvgIpc) is 2.63. The molecule has 0 aliphatic rings. The summed E-state index contributed by atoms with van der Waals surface area (Å²) in [6.07, 6.45) is 0.277. The van der Waals surface area contributed by atoms with Crippen LogP contribution in [0.15, 0.2) is 30.3 Å². The summed E-state index contributed by atoms with van der Waals surface area (Å²) < 4.78 is 0. The van der Waals surface area contributed by atoms with Gasteiger partial charge in [-0.15, -0.1) is 0 Å². The summed E-state index contributed by atoms with van der Waals surface area (Å²) >= 11 is 0. The fraction of sp³-hybridized carbons (Fsp3) is 0.474. The number of Topliss-reactive ketones (excluding diaryl/α,β-unsaturated/α-hetero) is 1. The Morgan fingerprint density at radius 2 is 1.56 bits per heavy atom. The van der Waals surface area contributed by atoms with Gasteiger partial charge in [-0.3, -0.25) is 19.2 Å². The van der Waals surface area contributed by atoms with Gasteiger partial charge in [0.1, 0.15) is 11.8 Å². The van der Waals surface area contributed by atoms with Crippen molar-refractivity contribution in [2.75, 3.05) is 19.6 Å². The van der Waals surface area contributed by atoms with E-state index in [2.05, 4.69) is 21.3 Å². The first-order valence-corrected chi connectivity index (χ1v) is 8.88. The third-order valence-electron chi connectivity index (χ3n) is 3.56. The zero-order valence-corrected chi connectivity index (χ0v) is 16.0. The molecule has 0 fully saturated rings. The number of rotatable bonds is 11. The average molecular weight is 376 g/mol. The Kier molecular flexibility index (Phi) is 9.74. The van der Waals surface area contributed by atoms with Crippen LogP contribution in [0.25, 0.3) is 0 Å². The highest BCUT2D eigenvalue weighted by Crippen LogP contribution is 2.03. The molecule has 0 bridgehead atoms. The molecule has 8 nitrogen and oxygen atoms in total. The van der Waals surface area contributed by atoms with E-state index in [0.717, 1.165) is 5.56 Å². The molecule has 3 amide bonds. The van der Waals surface area contributed by atoms with Gasteiger partial charge < -0.3 is 21.3 Å². The molecule has 1 atom stereocenters. The Balaban J connectivity index is 2.61. The first-order valence-electron chi connectivity index (χ1n) is 8.88. The Morgan fingerprint density at radius 3 is 2.15 bits per heavy atom. The molecule has 0 spiro atoms. The van der Waals surface area contributed by atoms with E-state index < -0.39 is 17.9 Å². The van der Waals surface area contributed by atoms with Crippen molar-refractivity contribution < 1.29 is 19.2 Å². The van der Waals surface area contributed by atoms with Gasteiger partial charge in [0, 0.05) is 12.5 Å². The molecule has 0 saturated carbocycles. The van der Waals surface area contributed by atoms with Crippen LogP contribution < -0.4 is 21.3 Å². The predicted octanol–water partition coefficient (Wildman–Crippen LogP) is -0.467. The normalized spacial score (nSPS) is 11.6. The van der Waals surface area contributed by atoms with Crippen LogP contribution in [0, 0.1) is 0 Å². The van der Waals surface area contributed by atoms with Crippen LogP contribution in [-0.4, -0.2) is 55.2 Å². The maximum absolute atomic E-state index is 12.3. The Bertz CT molecular complexity index is 646. The summed E-state index contributed by atoms with van der Waals surface area (Å²) in [5.41, 5.74) is 0.867. The summed E-state index contributed by atoms with van der Waals surface area (Å²) in [6, 6.07) is 8.53. The van der Waals surface area contributed by atoms with Crippen molar-refractivity contribution >= 4 is 23.5 Å². The van der Waals surface area contributed by atoms with E-state index in [9.17, 15) is 19.2 Å². The first-order chi connectivity index (χ1) is 12.8. The standard InChI is InChI=1S/C19H28N4O4/c1-13(2)20-11-17(25)21-12-18(26)23-16(19(27)22-10-14(3)24)9-15-7-5-4-6-8-15/h4-8,13,16,20H,9-12H2,1-3H3,(H,21,25)(H,22,27)(H,23,26). The highest BCUT2D eigenvalue weighted by molar-refractivity contribution is 5.92. The molecule has 0 aliphatic heterocycles. The molecule has 1 aromatic rings. The lowest BCUT2D eigenvalue weighted by atomic mass is 10.1. The minimum Gasteiger partial charge on any atom is -0.347 e. The van der Waals surface area contributed by atoms with Crippen molar-refractivity contribution in [2.24, 2.45) is 0 Å². The highest BCUT2D eigenvalue weighted by atomic mass is 16.2. The number of nitrogens with one attached hydrogen (secondary N) is 4. The van der Waals surface area contributed by atoms with Crippen LogP contribution in [-0.2, 0) is 25.6 Å². The third kappa shape index (κ3) is 10.1. The maximum atomic E-state index is 12.3. The summed E-state index contributed by atoms with van der Waals surface area (Å²) in [4.78, 5) is 47.2. The lowest BCUT2D eigenvalue weighted by Gasteiger charge is -2.18. The van der Waals surface area contributed by atoms with E-state index in [-0.39, 0.29) is 43.8 Å². The molecule has 1 aromatic carbocycles. The van der Waals surface area contributed by atoms with E-state index in [1.165, 1.54) is 6.92 Å². The van der Waals surface area contributed by atoms with E-state index in [0.29, 0.717) is 0 Å². The Hall–Kier alpha value is -2.74. The van der Waals surface area contributed by atoms with Crippen molar-refractivity contribution in [3.63, 3.8) is 0 Å². The summed E-state index contributed by atoms with van der Waals surface area (Å²) in [5.74, 6) is -1.42. The van der Waals surface area contributed by atoms with Gasteiger partial charge in [-0.1, -0.05) is 44.2 Å². The Morgan fingerprint density at radius 1 is 0.889 bits per heavy atom. The molecule has 0 heterocycles. The van der Waals surface area contributed by atoms with Gasteiger partial charge in [-0.25, -0.2) is 0 Å². The SMILES string of the molecule is CC(=O)CNC(=O)C(Cc1ccccc1)NC(=O)CNC(=O)CNC(C)C. The molecule has 0 aromatic heterocycles.